The van der Waals surface area contributed by atoms with Gasteiger partial charge >= 0.3 is 0 Å². The Hall–Kier alpha value is -2.12. The van der Waals surface area contributed by atoms with Crippen LogP contribution in [0.4, 0.5) is 0 Å². The van der Waals surface area contributed by atoms with E-state index in [1.807, 2.05) is 28.5 Å². The normalized spacial score (nSPS) is 15.2. The van der Waals surface area contributed by atoms with E-state index in [1.54, 1.807) is 14.2 Å². The number of likely N-dealkylation sites (N-methyl/N-ethyl adjacent to an activating group) is 1. The number of hydrogen-bond donors (Lipinski definition) is 0. The molecule has 0 spiro atoms. The van der Waals surface area contributed by atoms with E-state index < -0.39 is 0 Å². The maximum absolute atomic E-state index is 12.4. The minimum absolute atomic E-state index is 0.150. The van der Waals surface area contributed by atoms with Crippen LogP contribution in [0.2, 0.25) is 0 Å². The van der Waals surface area contributed by atoms with Gasteiger partial charge in [-0.25, -0.2) is 4.98 Å². The van der Waals surface area contributed by atoms with Crippen molar-refractivity contribution in [2.45, 2.75) is 6.42 Å². The van der Waals surface area contributed by atoms with Crippen molar-refractivity contribution >= 4 is 17.2 Å². The maximum Gasteiger partial charge on any atom is 0.228 e. The number of benzene rings is 1. The molecule has 0 atom stereocenters. The number of carbonyl (C=O) groups excluding carboxylic acids is 1. The zero-order valence-corrected chi connectivity index (χ0v) is 15.6. The lowest BCUT2D eigenvalue weighted by molar-refractivity contribution is -0.132. The quantitative estimate of drug-likeness (QED) is 0.817. The number of carbonyl (C=O) groups is 1. The molecule has 1 aromatic carbocycles. The van der Waals surface area contributed by atoms with Crippen LogP contribution < -0.4 is 9.47 Å². The second kappa shape index (κ2) is 7.84. The smallest absolute Gasteiger partial charge is 0.228 e. The highest BCUT2D eigenvalue weighted by atomic mass is 32.1. The van der Waals surface area contributed by atoms with Gasteiger partial charge in [0.15, 0.2) is 11.5 Å². The van der Waals surface area contributed by atoms with Gasteiger partial charge in [-0.2, -0.15) is 0 Å². The number of hydrogen-bond acceptors (Lipinski definition) is 6. The minimum atomic E-state index is 0.150. The zero-order chi connectivity index (χ0) is 17.8. The Morgan fingerprint density at radius 2 is 1.88 bits per heavy atom. The van der Waals surface area contributed by atoms with E-state index >= 15 is 0 Å². The van der Waals surface area contributed by atoms with Gasteiger partial charge in [-0.1, -0.05) is 0 Å². The largest absolute Gasteiger partial charge is 0.493 e. The molecule has 2 aromatic rings. The van der Waals surface area contributed by atoms with E-state index in [0.29, 0.717) is 17.9 Å². The highest BCUT2D eigenvalue weighted by Crippen LogP contribution is 2.33. The van der Waals surface area contributed by atoms with Crippen molar-refractivity contribution in [1.29, 1.82) is 0 Å². The van der Waals surface area contributed by atoms with Crippen molar-refractivity contribution in [3.05, 3.63) is 29.3 Å². The lowest BCUT2D eigenvalue weighted by Gasteiger charge is -2.32. The van der Waals surface area contributed by atoms with Gasteiger partial charge in [-0.15, -0.1) is 11.3 Å². The van der Waals surface area contributed by atoms with E-state index in [1.165, 1.54) is 11.3 Å². The van der Waals surface area contributed by atoms with Gasteiger partial charge in [-0.05, 0) is 25.2 Å². The van der Waals surface area contributed by atoms with Crippen molar-refractivity contribution in [2.24, 2.45) is 0 Å². The summed E-state index contributed by atoms with van der Waals surface area (Å²) in [6.07, 6.45) is 0.355. The SMILES string of the molecule is COc1ccc(-c2nc(CC(=O)N3CCN(C)CC3)cs2)cc1OC. The van der Waals surface area contributed by atoms with Crippen molar-refractivity contribution in [3.63, 3.8) is 0 Å². The molecule has 0 N–H and O–H groups in total. The lowest BCUT2D eigenvalue weighted by Crippen LogP contribution is -2.47. The second-order valence-electron chi connectivity index (χ2n) is 6.07. The highest BCUT2D eigenvalue weighted by Gasteiger charge is 2.20. The minimum Gasteiger partial charge on any atom is -0.493 e. The summed E-state index contributed by atoms with van der Waals surface area (Å²) < 4.78 is 10.6. The van der Waals surface area contributed by atoms with Crippen LogP contribution in [-0.4, -0.2) is 68.1 Å². The van der Waals surface area contributed by atoms with E-state index in [2.05, 4.69) is 16.9 Å². The van der Waals surface area contributed by atoms with Crippen LogP contribution in [0.1, 0.15) is 5.69 Å². The van der Waals surface area contributed by atoms with Crippen LogP contribution in [0.15, 0.2) is 23.6 Å². The first-order chi connectivity index (χ1) is 12.1. The molecule has 1 fully saturated rings. The van der Waals surface area contributed by atoms with Crippen LogP contribution in [-0.2, 0) is 11.2 Å². The molecule has 0 bridgehead atoms. The van der Waals surface area contributed by atoms with Gasteiger partial charge in [0.25, 0.3) is 0 Å². The number of nitrogens with zero attached hydrogens (tertiary/aromatic N) is 3. The van der Waals surface area contributed by atoms with Crippen molar-refractivity contribution in [1.82, 2.24) is 14.8 Å². The molecule has 7 heteroatoms. The highest BCUT2D eigenvalue weighted by molar-refractivity contribution is 7.13. The van der Waals surface area contributed by atoms with E-state index in [9.17, 15) is 4.79 Å². The topological polar surface area (TPSA) is 54.9 Å². The van der Waals surface area contributed by atoms with Gasteiger partial charge in [0, 0.05) is 37.1 Å². The third kappa shape index (κ3) is 4.11. The molecule has 1 aliphatic rings. The summed E-state index contributed by atoms with van der Waals surface area (Å²) in [7, 11) is 5.31. The molecule has 1 aliphatic heterocycles. The Kier molecular flexibility index (Phi) is 5.55. The molecule has 3 rings (SSSR count). The first kappa shape index (κ1) is 17.7. The molecule has 1 amide bonds. The molecular formula is C18H23N3O3S. The molecule has 0 aliphatic carbocycles. The first-order valence-electron chi connectivity index (χ1n) is 8.24. The molecule has 0 unspecified atom stereocenters. The predicted molar refractivity (Wildman–Crippen MR) is 98.4 cm³/mol. The molecular weight excluding hydrogens is 338 g/mol. The van der Waals surface area contributed by atoms with E-state index in [-0.39, 0.29) is 5.91 Å². The summed E-state index contributed by atoms with van der Waals surface area (Å²) in [6.45, 7) is 3.45. The molecule has 25 heavy (non-hydrogen) atoms. The van der Waals surface area contributed by atoms with Crippen LogP contribution in [0.25, 0.3) is 10.6 Å². The van der Waals surface area contributed by atoms with Gasteiger partial charge in [0.1, 0.15) is 5.01 Å². The predicted octanol–water partition coefficient (Wildman–Crippen LogP) is 2.14. The number of ether oxygens (including phenoxy) is 2. The molecule has 134 valence electrons. The second-order valence-corrected chi connectivity index (χ2v) is 6.93. The molecule has 6 nitrogen and oxygen atoms in total. The fourth-order valence-electron chi connectivity index (χ4n) is 2.81. The van der Waals surface area contributed by atoms with E-state index in [0.717, 1.165) is 42.4 Å². The number of aromatic nitrogens is 1. The van der Waals surface area contributed by atoms with Crippen molar-refractivity contribution in [3.8, 4) is 22.1 Å². The average Bonchev–Trinajstić information content (AvgIpc) is 3.10. The van der Waals surface area contributed by atoms with Gasteiger partial charge in [0.05, 0.1) is 26.3 Å². The number of piperazine rings is 1. The molecule has 1 aromatic heterocycles. The molecule has 0 radical (unpaired) electrons. The summed E-state index contributed by atoms with van der Waals surface area (Å²) in [4.78, 5) is 21.2. The van der Waals surface area contributed by atoms with Crippen molar-refractivity contribution in [2.75, 3.05) is 47.4 Å². The van der Waals surface area contributed by atoms with Gasteiger partial charge in [0.2, 0.25) is 5.91 Å². The Morgan fingerprint density at radius 1 is 1.16 bits per heavy atom. The fourth-order valence-corrected chi connectivity index (χ4v) is 3.63. The molecule has 1 saturated heterocycles. The third-order valence-electron chi connectivity index (χ3n) is 4.37. The summed E-state index contributed by atoms with van der Waals surface area (Å²) in [6, 6.07) is 5.72. The summed E-state index contributed by atoms with van der Waals surface area (Å²) >= 11 is 1.54. The number of amides is 1. The summed E-state index contributed by atoms with van der Waals surface area (Å²) in [5, 5.41) is 2.84. The monoisotopic (exact) mass is 361 g/mol. The Bertz CT molecular complexity index is 739. The third-order valence-corrected chi connectivity index (χ3v) is 5.31. The zero-order valence-electron chi connectivity index (χ0n) is 14.8. The van der Waals surface area contributed by atoms with E-state index in [4.69, 9.17) is 9.47 Å². The van der Waals surface area contributed by atoms with Crippen molar-refractivity contribution < 1.29 is 14.3 Å². The van der Waals surface area contributed by atoms with Crippen LogP contribution in [0.3, 0.4) is 0 Å². The Balaban J connectivity index is 1.69. The Morgan fingerprint density at radius 3 is 2.56 bits per heavy atom. The van der Waals surface area contributed by atoms with Crippen LogP contribution >= 0.6 is 11.3 Å². The molecule has 2 heterocycles. The average molecular weight is 361 g/mol. The standard InChI is InChI=1S/C18H23N3O3S/c1-20-6-8-21(9-7-20)17(22)11-14-12-25-18(19-14)13-4-5-15(23-2)16(10-13)24-3/h4-5,10,12H,6-9,11H2,1-3H3. The first-order valence-corrected chi connectivity index (χ1v) is 9.12. The van der Waals surface area contributed by atoms with Gasteiger partial charge < -0.3 is 19.3 Å². The summed E-state index contributed by atoms with van der Waals surface area (Å²) in [5.74, 6) is 1.51. The Labute approximate surface area is 152 Å². The van der Waals surface area contributed by atoms with Crippen LogP contribution in [0, 0.1) is 0 Å². The number of rotatable bonds is 5. The fraction of sp³-hybridized carbons (Fsp3) is 0.444. The number of thiazole rings is 1. The van der Waals surface area contributed by atoms with Gasteiger partial charge in [-0.3, -0.25) is 4.79 Å². The number of methoxy groups -OCH3 is 2. The summed E-state index contributed by atoms with van der Waals surface area (Å²) in [5.41, 5.74) is 1.78. The van der Waals surface area contributed by atoms with Crippen LogP contribution in [0.5, 0.6) is 11.5 Å². The lowest BCUT2D eigenvalue weighted by atomic mass is 10.2. The maximum atomic E-state index is 12.4. The molecule has 0 saturated carbocycles.